The molecular formula is C40H79O7Ti. The van der Waals surface area contributed by atoms with Crippen molar-refractivity contribution in [2.24, 2.45) is 0 Å². The average Bonchev–Trinajstić information content (AvgIpc) is 3.03. The van der Waals surface area contributed by atoms with Gasteiger partial charge in [0.25, 0.3) is 0 Å². The summed E-state index contributed by atoms with van der Waals surface area (Å²) in [6.45, 7) is 9.06. The summed E-state index contributed by atoms with van der Waals surface area (Å²) in [6.07, 6.45) is 35.5. The van der Waals surface area contributed by atoms with Crippen molar-refractivity contribution in [3.63, 3.8) is 0 Å². The number of unbranched alkanes of at least 4 members (excludes halogenated alkanes) is 25. The summed E-state index contributed by atoms with van der Waals surface area (Å²) in [5, 5.41) is 38.4. The van der Waals surface area contributed by atoms with Gasteiger partial charge in [-0.15, -0.1) is 0 Å². The van der Waals surface area contributed by atoms with Gasteiger partial charge >= 0.3 is 21.7 Å². The van der Waals surface area contributed by atoms with E-state index in [-0.39, 0.29) is 41.0 Å². The first-order valence-corrected chi connectivity index (χ1v) is 19.9. The Kier molecular flexibility index (Phi) is 65.3. The van der Waals surface area contributed by atoms with Crippen LogP contribution in [-0.2, 0) is 36.1 Å². The summed E-state index contributed by atoms with van der Waals surface area (Å²) >= 11 is 0. The Hall–Kier alpha value is -0.916. The second-order valence-electron chi connectivity index (χ2n) is 12.9. The SMILES string of the molecule is CCCCCCCCCCCC(=O)[O-].CCCCCCCCCCCC(=O)[O-].CCCCCCCCCCCC(=O)[O-].CCCCO.[Ti+3]. The van der Waals surface area contributed by atoms with Gasteiger partial charge in [-0.1, -0.05) is 188 Å². The van der Waals surface area contributed by atoms with Crippen LogP contribution in [0.4, 0.5) is 0 Å². The van der Waals surface area contributed by atoms with Crippen molar-refractivity contribution in [2.75, 3.05) is 6.61 Å². The molecule has 0 heterocycles. The number of carbonyl (C=O) groups is 3. The number of carbonyl (C=O) groups excluding carboxylic acids is 3. The molecule has 0 atom stereocenters. The fourth-order valence-corrected chi connectivity index (χ4v) is 4.90. The van der Waals surface area contributed by atoms with Gasteiger partial charge < -0.3 is 34.8 Å². The second-order valence-corrected chi connectivity index (χ2v) is 12.9. The molecule has 0 aliphatic rings. The number of aliphatic carboxylic acids is 3. The first-order chi connectivity index (χ1) is 22.7. The van der Waals surface area contributed by atoms with Gasteiger partial charge in [-0.25, -0.2) is 0 Å². The number of aliphatic hydroxyl groups excluding tert-OH is 1. The Morgan fingerprint density at radius 3 is 0.625 bits per heavy atom. The summed E-state index contributed by atoms with van der Waals surface area (Å²) < 4.78 is 0. The van der Waals surface area contributed by atoms with E-state index in [2.05, 4.69) is 27.7 Å². The molecule has 0 aromatic heterocycles. The molecule has 0 aromatic carbocycles. The first-order valence-electron chi connectivity index (χ1n) is 19.9. The van der Waals surface area contributed by atoms with E-state index in [0.29, 0.717) is 6.61 Å². The molecule has 0 unspecified atom stereocenters. The number of hydrogen-bond acceptors (Lipinski definition) is 7. The van der Waals surface area contributed by atoms with E-state index < -0.39 is 17.9 Å². The van der Waals surface area contributed by atoms with E-state index in [1.165, 1.54) is 135 Å². The number of rotatable bonds is 32. The van der Waals surface area contributed by atoms with Gasteiger partial charge in [-0.2, -0.15) is 0 Å². The smallest absolute Gasteiger partial charge is 0.550 e. The Morgan fingerprint density at radius 1 is 0.333 bits per heavy atom. The van der Waals surface area contributed by atoms with Crippen LogP contribution in [0.2, 0.25) is 0 Å². The molecule has 0 amide bonds. The van der Waals surface area contributed by atoms with Crippen LogP contribution < -0.4 is 15.3 Å². The summed E-state index contributed by atoms with van der Waals surface area (Å²) in [4.78, 5) is 30.3. The van der Waals surface area contributed by atoms with Crippen molar-refractivity contribution in [1.82, 2.24) is 0 Å². The molecule has 0 aromatic rings. The number of aliphatic hydroxyl groups is 1. The molecule has 7 nitrogen and oxygen atoms in total. The third-order valence-corrected chi connectivity index (χ3v) is 7.97. The monoisotopic (exact) mass is 720 g/mol. The minimum absolute atomic E-state index is 0. The molecule has 0 saturated carbocycles. The summed E-state index contributed by atoms with van der Waals surface area (Å²) in [5.41, 5.74) is 0. The third kappa shape index (κ3) is 75.4. The topological polar surface area (TPSA) is 141 Å². The molecule has 1 radical (unpaired) electrons. The van der Waals surface area contributed by atoms with Crippen LogP contribution in [0.25, 0.3) is 0 Å². The maximum atomic E-state index is 10.1. The minimum atomic E-state index is -0.909. The van der Waals surface area contributed by atoms with Gasteiger partial charge in [0.2, 0.25) is 0 Å². The summed E-state index contributed by atoms with van der Waals surface area (Å²) in [7, 11) is 0. The molecule has 0 bridgehead atoms. The summed E-state index contributed by atoms with van der Waals surface area (Å²) in [5.74, 6) is -2.73. The molecule has 48 heavy (non-hydrogen) atoms. The molecule has 0 spiro atoms. The predicted molar refractivity (Wildman–Crippen MR) is 193 cm³/mol. The number of carboxylic acids is 3. The molecule has 0 aliphatic carbocycles. The Bertz CT molecular complexity index is 524. The van der Waals surface area contributed by atoms with Crippen molar-refractivity contribution < 1.29 is 56.5 Å². The van der Waals surface area contributed by atoms with E-state index >= 15 is 0 Å². The second kappa shape index (κ2) is 55.5. The molecular weight excluding hydrogens is 640 g/mol. The van der Waals surface area contributed by atoms with Crippen molar-refractivity contribution in [1.29, 1.82) is 0 Å². The quantitative estimate of drug-likeness (QED) is 0.0541. The standard InChI is InChI=1S/3C12H24O2.C4H10O.Ti/c3*1-2-3-4-5-6-7-8-9-10-11-12(13)14;1-2-3-4-5;/h3*2-11H2,1H3,(H,13,14);5H,2-4H2,1H3;/q;;;;+3/p-3. The molecule has 8 heteroatoms. The van der Waals surface area contributed by atoms with E-state index in [9.17, 15) is 29.7 Å². The normalized spacial score (nSPS) is 9.94. The zero-order chi connectivity index (χ0) is 36.1. The van der Waals surface area contributed by atoms with Crippen LogP contribution in [0.3, 0.4) is 0 Å². The van der Waals surface area contributed by atoms with Gasteiger partial charge in [-0.05, 0) is 44.9 Å². The maximum Gasteiger partial charge on any atom is 3.00 e. The van der Waals surface area contributed by atoms with Gasteiger partial charge in [0, 0.05) is 24.5 Å². The predicted octanol–water partition coefficient (Wildman–Crippen LogP) is 8.75. The molecule has 0 saturated heterocycles. The van der Waals surface area contributed by atoms with E-state index in [0.717, 1.165) is 51.4 Å². The maximum absolute atomic E-state index is 10.1. The Morgan fingerprint density at radius 2 is 0.500 bits per heavy atom. The molecule has 0 aliphatic heterocycles. The minimum Gasteiger partial charge on any atom is -0.550 e. The fraction of sp³-hybridized carbons (Fsp3) is 0.925. The van der Waals surface area contributed by atoms with Crippen molar-refractivity contribution in [2.45, 2.75) is 233 Å². The van der Waals surface area contributed by atoms with Gasteiger partial charge in [0.05, 0.1) is 0 Å². The van der Waals surface area contributed by atoms with E-state index in [1.807, 2.05) is 0 Å². The van der Waals surface area contributed by atoms with Crippen LogP contribution in [0.15, 0.2) is 0 Å². The van der Waals surface area contributed by atoms with E-state index in [1.54, 1.807) is 0 Å². The van der Waals surface area contributed by atoms with Crippen molar-refractivity contribution >= 4 is 17.9 Å². The van der Waals surface area contributed by atoms with Crippen LogP contribution in [0.1, 0.15) is 233 Å². The molecule has 285 valence electrons. The van der Waals surface area contributed by atoms with Gasteiger partial charge in [0.15, 0.2) is 0 Å². The van der Waals surface area contributed by atoms with Crippen LogP contribution >= 0.6 is 0 Å². The zero-order valence-corrected chi connectivity index (χ0v) is 33.8. The molecule has 0 rings (SSSR count). The van der Waals surface area contributed by atoms with Crippen LogP contribution in [0.5, 0.6) is 0 Å². The van der Waals surface area contributed by atoms with Crippen LogP contribution in [-0.4, -0.2) is 29.6 Å². The first kappa shape index (κ1) is 56.5. The molecule has 1 N–H and O–H groups in total. The van der Waals surface area contributed by atoms with Crippen LogP contribution in [0, 0.1) is 0 Å². The fourth-order valence-electron chi connectivity index (χ4n) is 4.90. The number of carboxylic acid groups (broad SMARTS) is 3. The Balaban J connectivity index is -0.000000178. The average molecular weight is 720 g/mol. The van der Waals surface area contributed by atoms with Crippen molar-refractivity contribution in [3.05, 3.63) is 0 Å². The third-order valence-electron chi connectivity index (χ3n) is 7.97. The van der Waals surface area contributed by atoms with Gasteiger partial charge in [-0.3, -0.25) is 0 Å². The zero-order valence-electron chi connectivity index (χ0n) is 32.2. The molecule has 0 fully saturated rings. The van der Waals surface area contributed by atoms with Crippen molar-refractivity contribution in [3.8, 4) is 0 Å². The Labute approximate surface area is 313 Å². The van der Waals surface area contributed by atoms with E-state index in [4.69, 9.17) is 5.11 Å². The largest absolute Gasteiger partial charge is 3.00 e. The number of hydrogen-bond donors (Lipinski definition) is 1. The summed E-state index contributed by atoms with van der Waals surface area (Å²) in [6, 6.07) is 0. The van der Waals surface area contributed by atoms with Gasteiger partial charge in [0.1, 0.15) is 0 Å².